The van der Waals surface area contributed by atoms with Gasteiger partial charge in [-0.1, -0.05) is 23.7 Å². The summed E-state index contributed by atoms with van der Waals surface area (Å²) in [6.07, 6.45) is 3.74. The predicted molar refractivity (Wildman–Crippen MR) is 118 cm³/mol. The fourth-order valence-electron chi connectivity index (χ4n) is 4.10. The minimum Gasteiger partial charge on any atom is -0.379 e. The summed E-state index contributed by atoms with van der Waals surface area (Å²) in [6, 6.07) is 7.65. The molecule has 0 aliphatic carbocycles. The van der Waals surface area contributed by atoms with Crippen LogP contribution in [-0.2, 0) is 9.53 Å². The number of anilines is 1. The molecule has 4 rings (SSSR count). The van der Waals surface area contributed by atoms with Crippen molar-refractivity contribution in [2.75, 3.05) is 58.4 Å². The van der Waals surface area contributed by atoms with Gasteiger partial charge in [-0.2, -0.15) is 0 Å². The average Bonchev–Trinajstić information content (AvgIpc) is 3.24. The van der Waals surface area contributed by atoms with Crippen LogP contribution in [0, 0.1) is 0 Å². The van der Waals surface area contributed by atoms with E-state index in [1.54, 1.807) is 0 Å². The van der Waals surface area contributed by atoms with Crippen LogP contribution >= 0.6 is 11.6 Å². The van der Waals surface area contributed by atoms with E-state index in [1.807, 2.05) is 54.4 Å². The topological polar surface area (TPSA) is 61.8 Å². The summed E-state index contributed by atoms with van der Waals surface area (Å²) in [5.41, 5.74) is 2.87. The minimum absolute atomic E-state index is 0.0501. The van der Waals surface area contributed by atoms with Gasteiger partial charge in [-0.05, 0) is 30.5 Å². The van der Waals surface area contributed by atoms with Crippen molar-refractivity contribution in [2.45, 2.75) is 18.9 Å². The first-order valence-corrected chi connectivity index (χ1v) is 10.8. The van der Waals surface area contributed by atoms with Crippen LogP contribution in [0.3, 0.4) is 0 Å². The van der Waals surface area contributed by atoms with Gasteiger partial charge in [0.05, 0.1) is 31.5 Å². The summed E-state index contributed by atoms with van der Waals surface area (Å²) in [5, 5.41) is 0.689. The molecule has 2 saturated heterocycles. The number of hydrogen-bond acceptors (Lipinski definition) is 6. The molecule has 0 bridgehead atoms. The Hall–Kier alpha value is -2.22. The zero-order valence-corrected chi connectivity index (χ0v) is 18.3. The third kappa shape index (κ3) is 4.58. The van der Waals surface area contributed by atoms with Crippen molar-refractivity contribution in [1.29, 1.82) is 0 Å². The average molecular weight is 430 g/mol. The summed E-state index contributed by atoms with van der Waals surface area (Å²) < 4.78 is 5.41. The van der Waals surface area contributed by atoms with E-state index in [0.717, 1.165) is 49.3 Å². The number of ether oxygens (including phenoxy) is 1. The van der Waals surface area contributed by atoms with Crippen LogP contribution < -0.4 is 4.90 Å². The van der Waals surface area contributed by atoms with Gasteiger partial charge < -0.3 is 14.5 Å². The molecule has 7 nitrogen and oxygen atoms in total. The molecule has 3 heterocycles. The maximum Gasteiger partial charge on any atom is 0.237 e. The molecule has 160 valence electrons. The lowest BCUT2D eigenvalue weighted by Crippen LogP contribution is -2.44. The van der Waals surface area contributed by atoms with Crippen LogP contribution in [0.25, 0.3) is 11.1 Å². The van der Waals surface area contributed by atoms with Crippen molar-refractivity contribution in [3.05, 3.63) is 41.2 Å². The number of nitrogens with zero attached hydrogens (tertiary/aromatic N) is 5. The maximum absolute atomic E-state index is 13.2. The Bertz CT molecular complexity index is 884. The summed E-state index contributed by atoms with van der Waals surface area (Å²) in [6.45, 7) is 4.18. The van der Waals surface area contributed by atoms with Crippen molar-refractivity contribution in [3.63, 3.8) is 0 Å². The fraction of sp³-hybridized carbons (Fsp3) is 0.500. The highest BCUT2D eigenvalue weighted by Crippen LogP contribution is 2.37. The summed E-state index contributed by atoms with van der Waals surface area (Å²) in [4.78, 5) is 28.7. The number of halogens is 1. The molecule has 2 aromatic rings. The zero-order chi connectivity index (χ0) is 21.1. The molecule has 0 radical (unpaired) electrons. The number of carbonyl (C=O) groups excluding carboxylic acids is 1. The van der Waals surface area contributed by atoms with Crippen molar-refractivity contribution >= 4 is 23.5 Å². The number of benzene rings is 1. The lowest BCUT2D eigenvalue weighted by Gasteiger charge is -2.31. The molecular weight excluding hydrogens is 402 g/mol. The van der Waals surface area contributed by atoms with Crippen molar-refractivity contribution in [3.8, 4) is 11.1 Å². The maximum atomic E-state index is 13.2. The van der Waals surface area contributed by atoms with Crippen LogP contribution in [-0.4, -0.2) is 79.2 Å². The molecule has 30 heavy (non-hydrogen) atoms. The van der Waals surface area contributed by atoms with E-state index < -0.39 is 0 Å². The second-order valence-electron chi connectivity index (χ2n) is 8.00. The minimum atomic E-state index is -0.0501. The molecule has 1 aromatic heterocycles. The van der Waals surface area contributed by atoms with Gasteiger partial charge in [-0.25, -0.2) is 9.97 Å². The largest absolute Gasteiger partial charge is 0.379 e. The molecule has 1 aromatic carbocycles. The highest BCUT2D eigenvalue weighted by Gasteiger charge is 2.34. The van der Waals surface area contributed by atoms with Crippen molar-refractivity contribution in [2.24, 2.45) is 0 Å². The second kappa shape index (κ2) is 9.29. The monoisotopic (exact) mass is 429 g/mol. The number of hydrogen-bond donors (Lipinski definition) is 0. The molecule has 1 atom stereocenters. The van der Waals surface area contributed by atoms with Crippen LogP contribution in [0.2, 0.25) is 5.02 Å². The molecule has 2 aliphatic rings. The highest BCUT2D eigenvalue weighted by atomic mass is 35.5. The van der Waals surface area contributed by atoms with E-state index >= 15 is 0 Å². The molecule has 1 unspecified atom stereocenters. The number of aromatic nitrogens is 2. The van der Waals surface area contributed by atoms with E-state index in [2.05, 4.69) is 9.88 Å². The second-order valence-corrected chi connectivity index (χ2v) is 8.44. The summed E-state index contributed by atoms with van der Waals surface area (Å²) in [7, 11) is 3.86. The van der Waals surface area contributed by atoms with Gasteiger partial charge in [0.15, 0.2) is 0 Å². The van der Waals surface area contributed by atoms with E-state index in [9.17, 15) is 4.79 Å². The number of amides is 1. The standard InChI is InChI=1S/C22H28ClN5O2/c1-26(2)22-24-14-18(16-5-7-17(23)8-6-16)21(25-22)19-4-3-9-28(19)20(29)15-27-10-12-30-13-11-27/h5-8,14,19H,3-4,9-13,15H2,1-2H3. The molecule has 2 aliphatic heterocycles. The van der Waals surface area contributed by atoms with Crippen LogP contribution in [0.4, 0.5) is 5.95 Å². The Morgan fingerprint density at radius 1 is 1.20 bits per heavy atom. The van der Waals surface area contributed by atoms with Gasteiger partial charge in [0.1, 0.15) is 0 Å². The van der Waals surface area contributed by atoms with Gasteiger partial charge in [-0.15, -0.1) is 0 Å². The normalized spacial score (nSPS) is 19.8. The first-order chi connectivity index (χ1) is 14.5. The third-order valence-electron chi connectivity index (χ3n) is 5.71. The Morgan fingerprint density at radius 3 is 2.63 bits per heavy atom. The summed E-state index contributed by atoms with van der Waals surface area (Å²) >= 11 is 6.09. The van der Waals surface area contributed by atoms with Crippen molar-refractivity contribution in [1.82, 2.24) is 19.8 Å². The zero-order valence-electron chi connectivity index (χ0n) is 17.6. The fourth-order valence-corrected chi connectivity index (χ4v) is 4.22. The van der Waals surface area contributed by atoms with Gasteiger partial charge in [0, 0.05) is 50.5 Å². The molecule has 0 spiro atoms. The number of morpholine rings is 1. The number of carbonyl (C=O) groups is 1. The molecular formula is C22H28ClN5O2. The van der Waals surface area contributed by atoms with Gasteiger partial charge in [0.2, 0.25) is 11.9 Å². The van der Waals surface area contributed by atoms with Crippen LogP contribution in [0.15, 0.2) is 30.5 Å². The van der Waals surface area contributed by atoms with Gasteiger partial charge in [-0.3, -0.25) is 9.69 Å². The SMILES string of the molecule is CN(C)c1ncc(-c2ccc(Cl)cc2)c(C2CCCN2C(=O)CN2CCOCC2)n1. The van der Waals surface area contributed by atoms with E-state index in [4.69, 9.17) is 21.3 Å². The smallest absolute Gasteiger partial charge is 0.237 e. The van der Waals surface area contributed by atoms with E-state index in [-0.39, 0.29) is 11.9 Å². The van der Waals surface area contributed by atoms with Gasteiger partial charge in [0.25, 0.3) is 0 Å². The van der Waals surface area contributed by atoms with E-state index in [0.29, 0.717) is 30.7 Å². The molecule has 1 amide bonds. The Morgan fingerprint density at radius 2 is 1.93 bits per heavy atom. The molecule has 2 fully saturated rings. The predicted octanol–water partition coefficient (Wildman–Crippen LogP) is 2.86. The highest BCUT2D eigenvalue weighted by molar-refractivity contribution is 6.30. The van der Waals surface area contributed by atoms with Crippen LogP contribution in [0.5, 0.6) is 0 Å². The van der Waals surface area contributed by atoms with Gasteiger partial charge >= 0.3 is 0 Å². The quantitative estimate of drug-likeness (QED) is 0.728. The number of rotatable bonds is 5. The Labute approximate surface area is 182 Å². The first-order valence-electron chi connectivity index (χ1n) is 10.4. The lowest BCUT2D eigenvalue weighted by molar-refractivity contribution is -0.134. The molecule has 8 heteroatoms. The third-order valence-corrected chi connectivity index (χ3v) is 5.96. The van der Waals surface area contributed by atoms with Crippen molar-refractivity contribution < 1.29 is 9.53 Å². The molecule has 0 saturated carbocycles. The molecule has 0 N–H and O–H groups in total. The summed E-state index contributed by atoms with van der Waals surface area (Å²) in [5.74, 6) is 0.807. The first kappa shape index (κ1) is 21.0. The Kier molecular flexibility index (Phi) is 6.51. The van der Waals surface area contributed by atoms with E-state index in [1.165, 1.54) is 0 Å². The lowest BCUT2D eigenvalue weighted by atomic mass is 10.00. The van der Waals surface area contributed by atoms with Crippen LogP contribution in [0.1, 0.15) is 24.6 Å². The Balaban J connectivity index is 1.65. The number of likely N-dealkylation sites (tertiary alicyclic amines) is 1.